The normalized spacial score (nSPS) is 33.5. The second kappa shape index (κ2) is 8.18. The van der Waals surface area contributed by atoms with E-state index in [1.807, 2.05) is 6.92 Å². The Morgan fingerprint density at radius 1 is 1.38 bits per heavy atom. The number of carbonyl (C=O) groups is 2. The van der Waals surface area contributed by atoms with Crippen molar-refractivity contribution in [1.29, 1.82) is 0 Å². The number of carbonyl (C=O) groups excluding carboxylic acids is 2. The minimum atomic E-state index is -1.12. The maximum absolute atomic E-state index is 12.4. The Labute approximate surface area is 154 Å². The van der Waals surface area contributed by atoms with Gasteiger partial charge in [-0.05, 0) is 43.9 Å². The first-order chi connectivity index (χ1) is 12.2. The van der Waals surface area contributed by atoms with E-state index in [0.29, 0.717) is 24.0 Å². The van der Waals surface area contributed by atoms with Gasteiger partial charge in [-0.25, -0.2) is 4.79 Å². The summed E-state index contributed by atoms with van der Waals surface area (Å²) in [6, 6.07) is 0. The highest BCUT2D eigenvalue weighted by molar-refractivity contribution is 5.91. The lowest BCUT2D eigenvalue weighted by atomic mass is 9.83. The summed E-state index contributed by atoms with van der Waals surface area (Å²) in [5.74, 6) is -2.07. The van der Waals surface area contributed by atoms with E-state index in [2.05, 4.69) is 6.58 Å². The van der Waals surface area contributed by atoms with Crippen molar-refractivity contribution >= 4 is 11.9 Å². The second-order valence-electron chi connectivity index (χ2n) is 7.19. The topological polar surface area (TPSA) is 93.1 Å². The molecule has 6 heteroatoms. The van der Waals surface area contributed by atoms with E-state index in [1.165, 1.54) is 0 Å². The van der Waals surface area contributed by atoms with Crippen molar-refractivity contribution in [2.45, 2.75) is 65.0 Å². The van der Waals surface area contributed by atoms with Crippen molar-refractivity contribution in [3.05, 3.63) is 35.5 Å². The predicted octanol–water partition coefficient (Wildman–Crippen LogP) is 2.06. The molecule has 26 heavy (non-hydrogen) atoms. The summed E-state index contributed by atoms with van der Waals surface area (Å²) in [4.78, 5) is 24.5. The van der Waals surface area contributed by atoms with Crippen LogP contribution in [0.4, 0.5) is 0 Å². The molecule has 1 saturated heterocycles. The molecule has 6 atom stereocenters. The van der Waals surface area contributed by atoms with Crippen molar-refractivity contribution in [2.75, 3.05) is 0 Å². The van der Waals surface area contributed by atoms with Gasteiger partial charge >= 0.3 is 11.9 Å². The van der Waals surface area contributed by atoms with Crippen molar-refractivity contribution in [1.82, 2.24) is 0 Å². The van der Waals surface area contributed by atoms with Crippen molar-refractivity contribution in [3.63, 3.8) is 0 Å². The van der Waals surface area contributed by atoms with Gasteiger partial charge in [0.25, 0.3) is 0 Å². The van der Waals surface area contributed by atoms with Gasteiger partial charge < -0.3 is 19.7 Å². The number of ether oxygens (including phenoxy) is 2. The molecule has 0 spiro atoms. The van der Waals surface area contributed by atoms with Crippen LogP contribution in [0.1, 0.15) is 40.5 Å². The monoisotopic (exact) mass is 364 g/mol. The summed E-state index contributed by atoms with van der Waals surface area (Å²) < 4.78 is 11.0. The molecule has 2 rings (SSSR count). The van der Waals surface area contributed by atoms with Gasteiger partial charge in [0.2, 0.25) is 0 Å². The summed E-state index contributed by atoms with van der Waals surface area (Å²) in [6.07, 6.45) is 0.672. The molecule has 6 unspecified atom stereocenters. The van der Waals surface area contributed by atoms with Gasteiger partial charge in [-0.1, -0.05) is 26.5 Å². The van der Waals surface area contributed by atoms with Crippen LogP contribution in [0.2, 0.25) is 0 Å². The summed E-state index contributed by atoms with van der Waals surface area (Å²) >= 11 is 0. The molecule has 0 amide bonds. The Balaban J connectivity index is 2.47. The second-order valence-corrected chi connectivity index (χ2v) is 7.19. The fourth-order valence-corrected chi connectivity index (χ4v) is 3.11. The number of esters is 2. The highest BCUT2D eigenvalue weighted by Crippen LogP contribution is 2.36. The van der Waals surface area contributed by atoms with Gasteiger partial charge in [-0.2, -0.15) is 0 Å². The SMILES string of the molecule is C=C1C(=O)OC2C=C(C)C(O)CC=C(C)C(O)C(OC(=O)C(C)CC)C12. The zero-order valence-electron chi connectivity index (χ0n) is 15.8. The number of fused-ring (bicyclic) bond motifs is 1. The number of rotatable bonds is 3. The maximum atomic E-state index is 12.4. The predicted molar refractivity (Wildman–Crippen MR) is 96.0 cm³/mol. The first-order valence-corrected chi connectivity index (χ1v) is 8.98. The highest BCUT2D eigenvalue weighted by Gasteiger charge is 2.47. The van der Waals surface area contributed by atoms with Crippen LogP contribution in [0.3, 0.4) is 0 Å². The van der Waals surface area contributed by atoms with E-state index in [9.17, 15) is 19.8 Å². The van der Waals surface area contributed by atoms with Crippen molar-refractivity contribution < 1.29 is 29.3 Å². The van der Waals surface area contributed by atoms with E-state index in [1.54, 1.807) is 32.9 Å². The van der Waals surface area contributed by atoms with Gasteiger partial charge in [0.15, 0.2) is 0 Å². The molecule has 0 saturated carbocycles. The minimum Gasteiger partial charge on any atom is -0.458 e. The fraction of sp³-hybridized carbons (Fsp3) is 0.600. The van der Waals surface area contributed by atoms with Crippen molar-refractivity contribution in [3.8, 4) is 0 Å². The van der Waals surface area contributed by atoms with Crippen LogP contribution in [0, 0.1) is 11.8 Å². The van der Waals surface area contributed by atoms with Crippen molar-refractivity contribution in [2.24, 2.45) is 11.8 Å². The summed E-state index contributed by atoms with van der Waals surface area (Å²) in [6.45, 7) is 10.9. The van der Waals surface area contributed by atoms with E-state index in [0.717, 1.165) is 0 Å². The molecule has 0 bridgehead atoms. The van der Waals surface area contributed by atoms with Crippen LogP contribution in [0.5, 0.6) is 0 Å². The lowest BCUT2D eigenvalue weighted by molar-refractivity contribution is -0.162. The van der Waals surface area contributed by atoms with Gasteiger partial charge in [0.1, 0.15) is 18.3 Å². The van der Waals surface area contributed by atoms with Crippen LogP contribution in [0.15, 0.2) is 35.5 Å². The standard InChI is InChI=1S/C20H28O6/c1-6-10(2)19(23)26-18-16-13(5)20(24)25-15(16)9-12(4)14(21)8-7-11(3)17(18)22/h7,9-10,14-18,21-22H,5-6,8H2,1-4H3. The number of hydrogen-bond donors (Lipinski definition) is 2. The van der Waals surface area contributed by atoms with Crippen LogP contribution in [0.25, 0.3) is 0 Å². The molecule has 2 N–H and O–H groups in total. The third-order valence-corrected chi connectivity index (χ3v) is 5.28. The highest BCUT2D eigenvalue weighted by atomic mass is 16.6. The van der Waals surface area contributed by atoms with Crippen LogP contribution >= 0.6 is 0 Å². The number of hydrogen-bond acceptors (Lipinski definition) is 6. The molecule has 2 aliphatic rings. The van der Waals surface area contributed by atoms with Gasteiger partial charge in [0.05, 0.1) is 17.9 Å². The molecule has 6 nitrogen and oxygen atoms in total. The number of aliphatic hydroxyl groups is 2. The number of aliphatic hydroxyl groups excluding tert-OH is 2. The molecule has 0 aromatic carbocycles. The quantitative estimate of drug-likeness (QED) is 0.452. The average molecular weight is 364 g/mol. The summed E-state index contributed by atoms with van der Waals surface area (Å²) in [5, 5.41) is 21.0. The molecule has 1 heterocycles. The Kier molecular flexibility index (Phi) is 6.42. The molecule has 0 aromatic rings. The zero-order valence-corrected chi connectivity index (χ0v) is 15.8. The largest absolute Gasteiger partial charge is 0.458 e. The molecule has 0 aromatic heterocycles. The molecule has 0 radical (unpaired) electrons. The Hall–Kier alpha value is -1.92. The molecule has 1 aliphatic heterocycles. The Bertz CT molecular complexity index is 647. The van der Waals surface area contributed by atoms with Crippen LogP contribution in [-0.2, 0) is 19.1 Å². The molecular formula is C20H28O6. The van der Waals surface area contributed by atoms with Gasteiger partial charge in [-0.15, -0.1) is 0 Å². The average Bonchev–Trinajstić information content (AvgIpc) is 2.88. The lowest BCUT2D eigenvalue weighted by Crippen LogP contribution is -2.43. The maximum Gasteiger partial charge on any atom is 0.334 e. The third-order valence-electron chi connectivity index (χ3n) is 5.28. The smallest absolute Gasteiger partial charge is 0.334 e. The Morgan fingerprint density at radius 2 is 2.04 bits per heavy atom. The van der Waals surface area contributed by atoms with Gasteiger partial charge in [-0.3, -0.25) is 4.79 Å². The van der Waals surface area contributed by atoms with Gasteiger partial charge in [0, 0.05) is 5.57 Å². The van der Waals surface area contributed by atoms with E-state index >= 15 is 0 Å². The fourth-order valence-electron chi connectivity index (χ4n) is 3.11. The van der Waals surface area contributed by atoms with E-state index in [-0.39, 0.29) is 11.5 Å². The molecular weight excluding hydrogens is 336 g/mol. The Morgan fingerprint density at radius 3 is 2.65 bits per heavy atom. The lowest BCUT2D eigenvalue weighted by Gasteiger charge is -2.32. The first kappa shape index (κ1) is 20.4. The minimum absolute atomic E-state index is 0.155. The third kappa shape index (κ3) is 4.07. The first-order valence-electron chi connectivity index (χ1n) is 8.98. The zero-order chi connectivity index (χ0) is 19.6. The van der Waals surface area contributed by atoms with Crippen LogP contribution in [-0.4, -0.2) is 46.6 Å². The van der Waals surface area contributed by atoms with E-state index < -0.39 is 42.3 Å². The molecule has 1 fully saturated rings. The summed E-state index contributed by atoms with van der Waals surface area (Å²) in [7, 11) is 0. The van der Waals surface area contributed by atoms with E-state index in [4.69, 9.17) is 9.47 Å². The molecule has 1 aliphatic carbocycles. The summed E-state index contributed by atoms with van der Waals surface area (Å²) in [5.41, 5.74) is 1.37. The van der Waals surface area contributed by atoms with Crippen LogP contribution < -0.4 is 0 Å². The molecule has 144 valence electrons.